The largest absolute Gasteiger partial charge is 0.273 e. The summed E-state index contributed by atoms with van der Waals surface area (Å²) in [5, 5.41) is 0.358. The highest BCUT2D eigenvalue weighted by Crippen LogP contribution is 2.39. The normalized spacial score (nSPS) is 25.4. The first-order valence-electron chi connectivity index (χ1n) is 6.58. The molecule has 0 saturated carbocycles. The average molecular weight is 317 g/mol. The molecule has 2 fully saturated rings. The van der Waals surface area contributed by atoms with Gasteiger partial charge in [-0.25, -0.2) is 14.9 Å². The Morgan fingerprint density at radius 1 is 1.05 bits per heavy atom. The van der Waals surface area contributed by atoms with Crippen LogP contribution in [0.1, 0.15) is 0 Å². The number of aromatic nitrogens is 2. The van der Waals surface area contributed by atoms with Gasteiger partial charge in [-0.05, 0) is 24.3 Å². The molecule has 4 rings (SSSR count). The van der Waals surface area contributed by atoms with Crippen molar-refractivity contribution in [2.75, 3.05) is 16.4 Å². The highest BCUT2D eigenvalue weighted by Gasteiger charge is 2.50. The van der Waals surface area contributed by atoms with Crippen molar-refractivity contribution in [1.82, 2.24) is 9.97 Å². The van der Waals surface area contributed by atoms with Crippen molar-refractivity contribution in [2.45, 2.75) is 10.5 Å². The van der Waals surface area contributed by atoms with E-state index in [4.69, 9.17) is 0 Å². The van der Waals surface area contributed by atoms with Gasteiger partial charge in [0.05, 0.1) is 0 Å². The Kier molecular flexibility index (Phi) is 3.11. The summed E-state index contributed by atoms with van der Waals surface area (Å²) in [6.07, 6.45) is 1.65. The van der Waals surface area contributed by atoms with E-state index in [-0.39, 0.29) is 22.3 Å². The minimum atomic E-state index is -0.266. The molecule has 2 aliphatic rings. The summed E-state index contributed by atoms with van der Waals surface area (Å²) < 4.78 is 0. The first kappa shape index (κ1) is 13.1. The van der Waals surface area contributed by atoms with Crippen molar-refractivity contribution in [2.24, 2.45) is 0 Å². The minimum absolute atomic E-state index is 0.148. The van der Waals surface area contributed by atoms with Crippen molar-refractivity contribution in [3.05, 3.63) is 30.5 Å². The summed E-state index contributed by atoms with van der Waals surface area (Å²) in [6.45, 7) is 0. The summed E-state index contributed by atoms with van der Waals surface area (Å²) in [5.41, 5.74) is 0.547. The number of hydrogen-bond acceptors (Lipinski definition) is 6. The summed E-state index contributed by atoms with van der Waals surface area (Å²) in [7, 11) is 0. The first-order valence-corrected chi connectivity index (χ1v) is 8.68. The molecule has 7 heteroatoms. The lowest BCUT2D eigenvalue weighted by Crippen LogP contribution is -2.32. The van der Waals surface area contributed by atoms with E-state index < -0.39 is 0 Å². The second-order valence-electron chi connectivity index (χ2n) is 4.81. The van der Waals surface area contributed by atoms with Gasteiger partial charge in [0, 0.05) is 23.1 Å². The Balaban J connectivity index is 1.77. The van der Waals surface area contributed by atoms with Crippen molar-refractivity contribution < 1.29 is 9.59 Å². The predicted octanol–water partition coefficient (Wildman–Crippen LogP) is 1.72. The number of anilines is 1. The number of rotatable bonds is 1. The van der Waals surface area contributed by atoms with E-state index in [0.717, 1.165) is 16.9 Å². The third-order valence-electron chi connectivity index (χ3n) is 3.56. The van der Waals surface area contributed by atoms with Crippen LogP contribution in [0.4, 0.5) is 5.82 Å². The van der Waals surface area contributed by atoms with E-state index in [9.17, 15) is 9.59 Å². The van der Waals surface area contributed by atoms with Gasteiger partial charge in [-0.15, -0.1) is 23.5 Å². The molecule has 2 aromatic heterocycles. The molecule has 0 bridgehead atoms. The fourth-order valence-electron chi connectivity index (χ4n) is 2.58. The Bertz CT molecular complexity index is 728. The molecule has 2 aromatic rings. The van der Waals surface area contributed by atoms with Crippen LogP contribution in [0.25, 0.3) is 11.0 Å². The van der Waals surface area contributed by atoms with Crippen LogP contribution in [0.3, 0.4) is 0 Å². The van der Waals surface area contributed by atoms with Crippen LogP contribution in [0.2, 0.25) is 0 Å². The molecule has 106 valence electrons. The third-order valence-corrected chi connectivity index (χ3v) is 6.54. The molecule has 0 spiro atoms. The molecule has 2 saturated heterocycles. The number of imide groups is 1. The minimum Gasteiger partial charge on any atom is -0.273 e. The molecule has 4 heterocycles. The van der Waals surface area contributed by atoms with Crippen LogP contribution in [-0.2, 0) is 9.59 Å². The van der Waals surface area contributed by atoms with Gasteiger partial charge in [0.15, 0.2) is 5.65 Å². The highest BCUT2D eigenvalue weighted by molar-refractivity contribution is 8.08. The van der Waals surface area contributed by atoms with Crippen LogP contribution in [0.5, 0.6) is 0 Å². The van der Waals surface area contributed by atoms with E-state index in [1.807, 2.05) is 18.2 Å². The monoisotopic (exact) mass is 317 g/mol. The van der Waals surface area contributed by atoms with Gasteiger partial charge in [-0.2, -0.15) is 0 Å². The fraction of sp³-hybridized carbons (Fsp3) is 0.286. The maximum Gasteiger partial charge on any atom is 0.249 e. The van der Waals surface area contributed by atoms with Crippen molar-refractivity contribution in [3.63, 3.8) is 0 Å². The van der Waals surface area contributed by atoms with Gasteiger partial charge in [-0.3, -0.25) is 9.59 Å². The van der Waals surface area contributed by atoms with Gasteiger partial charge in [0.2, 0.25) is 11.8 Å². The predicted molar refractivity (Wildman–Crippen MR) is 84.5 cm³/mol. The van der Waals surface area contributed by atoms with Crippen LogP contribution in [0, 0.1) is 0 Å². The summed E-state index contributed by atoms with van der Waals surface area (Å²) in [4.78, 5) is 34.8. The van der Waals surface area contributed by atoms with E-state index in [1.54, 1.807) is 35.8 Å². The molecule has 2 amide bonds. The number of amides is 2. The topological polar surface area (TPSA) is 63.2 Å². The smallest absolute Gasteiger partial charge is 0.249 e. The molecule has 21 heavy (non-hydrogen) atoms. The van der Waals surface area contributed by atoms with Crippen LogP contribution < -0.4 is 4.90 Å². The van der Waals surface area contributed by atoms with E-state index >= 15 is 0 Å². The lowest BCUT2D eigenvalue weighted by Gasteiger charge is -2.19. The lowest BCUT2D eigenvalue weighted by atomic mass is 10.3. The van der Waals surface area contributed by atoms with Crippen molar-refractivity contribution >= 4 is 52.2 Å². The highest BCUT2D eigenvalue weighted by atomic mass is 32.2. The fourth-order valence-corrected chi connectivity index (χ4v) is 5.41. The maximum atomic E-state index is 12.5. The lowest BCUT2D eigenvalue weighted by molar-refractivity contribution is -0.121. The summed E-state index contributed by atoms with van der Waals surface area (Å²) >= 11 is 3.14. The second-order valence-corrected chi connectivity index (χ2v) is 7.31. The van der Waals surface area contributed by atoms with Crippen molar-refractivity contribution in [3.8, 4) is 0 Å². The molecule has 0 N–H and O–H groups in total. The molecule has 0 aliphatic carbocycles. The second kappa shape index (κ2) is 4.99. The summed E-state index contributed by atoms with van der Waals surface area (Å²) in [5.74, 6) is 1.90. The quantitative estimate of drug-likeness (QED) is 0.746. The van der Waals surface area contributed by atoms with Gasteiger partial charge in [-0.1, -0.05) is 0 Å². The van der Waals surface area contributed by atoms with E-state index in [2.05, 4.69) is 9.97 Å². The maximum absolute atomic E-state index is 12.5. The average Bonchev–Trinajstić information content (AvgIpc) is 2.79. The molecular weight excluding hydrogens is 306 g/mol. The van der Waals surface area contributed by atoms with Crippen LogP contribution in [-0.4, -0.2) is 43.8 Å². The van der Waals surface area contributed by atoms with Crippen molar-refractivity contribution in [1.29, 1.82) is 0 Å². The van der Waals surface area contributed by atoms with E-state index in [1.165, 1.54) is 4.90 Å². The third kappa shape index (κ3) is 2.03. The molecule has 0 aromatic carbocycles. The SMILES string of the molecule is O=C1C2SCCSC2C(=O)N1c1ccc2cccnc2n1. The molecule has 0 radical (unpaired) electrons. The number of fused-ring (bicyclic) bond motifs is 2. The number of carbonyl (C=O) groups is 2. The Morgan fingerprint density at radius 3 is 2.48 bits per heavy atom. The van der Waals surface area contributed by atoms with Crippen LogP contribution in [0.15, 0.2) is 30.5 Å². The zero-order chi connectivity index (χ0) is 14.4. The number of hydrogen-bond donors (Lipinski definition) is 0. The van der Waals surface area contributed by atoms with Gasteiger partial charge in [0.25, 0.3) is 0 Å². The molecule has 5 nitrogen and oxygen atoms in total. The zero-order valence-corrected chi connectivity index (χ0v) is 12.6. The van der Waals surface area contributed by atoms with Gasteiger partial charge >= 0.3 is 0 Å². The standard InChI is InChI=1S/C14H11N3O2S2/c18-13-10-11(21-7-6-20-10)14(19)17(13)9-4-3-8-2-1-5-15-12(8)16-9/h1-5,10-11H,6-7H2. The number of thioether (sulfide) groups is 2. The molecule has 2 aliphatic heterocycles. The zero-order valence-electron chi connectivity index (χ0n) is 10.9. The molecule has 2 atom stereocenters. The Hall–Kier alpha value is -1.60. The van der Waals surface area contributed by atoms with Crippen LogP contribution >= 0.6 is 23.5 Å². The van der Waals surface area contributed by atoms with Gasteiger partial charge in [0.1, 0.15) is 16.3 Å². The number of nitrogens with zero attached hydrogens (tertiary/aromatic N) is 3. The Labute approximate surface area is 129 Å². The molecular formula is C14H11N3O2S2. The Morgan fingerprint density at radius 2 is 1.76 bits per heavy atom. The number of pyridine rings is 2. The van der Waals surface area contributed by atoms with E-state index in [0.29, 0.717) is 11.5 Å². The first-order chi connectivity index (χ1) is 10.3. The number of carbonyl (C=O) groups excluding carboxylic acids is 2. The molecule has 2 unspecified atom stereocenters. The summed E-state index contributed by atoms with van der Waals surface area (Å²) in [6, 6.07) is 7.29. The van der Waals surface area contributed by atoms with Gasteiger partial charge < -0.3 is 0 Å².